The van der Waals surface area contributed by atoms with Crippen LogP contribution in [-0.4, -0.2) is 67.4 Å². The van der Waals surface area contributed by atoms with Gasteiger partial charge in [0.05, 0.1) is 16.3 Å². The molecule has 0 radical (unpaired) electrons. The van der Waals surface area contributed by atoms with Crippen molar-refractivity contribution in [2.24, 2.45) is 13.0 Å². The predicted octanol–water partition coefficient (Wildman–Crippen LogP) is 0.744. The van der Waals surface area contributed by atoms with Crippen LogP contribution >= 0.6 is 0 Å². The molecule has 1 unspecified atom stereocenters. The average molecular weight is 437 g/mol. The maximum Gasteiger partial charge on any atom is 0.419 e. The first kappa shape index (κ1) is 21.1. The number of benzene rings is 1. The third-order valence-corrected chi connectivity index (χ3v) is 7.94. The Morgan fingerprint density at radius 1 is 1.20 bits per heavy atom. The van der Waals surface area contributed by atoms with Gasteiger partial charge in [-0.05, 0) is 50.9 Å². The minimum Gasteiger partial charge on any atom is -0.408 e. The highest BCUT2D eigenvalue weighted by molar-refractivity contribution is 7.89. The summed E-state index contributed by atoms with van der Waals surface area (Å²) < 4.78 is 34.1. The number of piperidine rings is 1. The summed E-state index contributed by atoms with van der Waals surface area (Å²) in [5, 5.41) is 2.97. The zero-order chi connectivity index (χ0) is 21.3. The van der Waals surface area contributed by atoms with E-state index in [1.54, 1.807) is 13.1 Å². The second-order valence-electron chi connectivity index (χ2n) is 8.10. The van der Waals surface area contributed by atoms with Gasteiger partial charge in [0.15, 0.2) is 5.58 Å². The Hall–Kier alpha value is -2.17. The number of aryl methyl sites for hydroxylation is 1. The van der Waals surface area contributed by atoms with Crippen molar-refractivity contribution in [3.8, 4) is 0 Å². The number of amides is 1. The molecule has 0 spiro atoms. The van der Waals surface area contributed by atoms with Gasteiger partial charge >= 0.3 is 5.76 Å². The first-order valence-corrected chi connectivity index (χ1v) is 11.9. The lowest BCUT2D eigenvalue weighted by Crippen LogP contribution is -2.46. The molecule has 2 aliphatic rings. The molecule has 1 N–H and O–H groups in total. The summed E-state index contributed by atoms with van der Waals surface area (Å²) in [5.74, 6) is -0.979. The van der Waals surface area contributed by atoms with Gasteiger partial charge in [-0.25, -0.2) is 13.2 Å². The van der Waals surface area contributed by atoms with Gasteiger partial charge in [-0.3, -0.25) is 9.36 Å². The van der Waals surface area contributed by atoms with E-state index in [0.29, 0.717) is 31.4 Å². The number of hydrogen-bond acceptors (Lipinski definition) is 6. The van der Waals surface area contributed by atoms with E-state index in [0.717, 1.165) is 19.6 Å². The molecule has 30 heavy (non-hydrogen) atoms. The van der Waals surface area contributed by atoms with Crippen molar-refractivity contribution in [1.82, 2.24) is 19.1 Å². The van der Waals surface area contributed by atoms with Gasteiger partial charge in [0, 0.05) is 39.3 Å². The maximum absolute atomic E-state index is 13.1. The van der Waals surface area contributed by atoms with Gasteiger partial charge in [0.2, 0.25) is 15.9 Å². The van der Waals surface area contributed by atoms with Crippen LogP contribution in [0.3, 0.4) is 0 Å². The number of likely N-dealkylation sites (tertiary alicyclic amines) is 1. The Morgan fingerprint density at radius 3 is 2.73 bits per heavy atom. The van der Waals surface area contributed by atoms with Crippen LogP contribution in [0.2, 0.25) is 0 Å². The molecule has 2 aliphatic heterocycles. The fourth-order valence-electron chi connectivity index (χ4n) is 4.29. The van der Waals surface area contributed by atoms with Gasteiger partial charge in [-0.2, -0.15) is 4.31 Å². The summed E-state index contributed by atoms with van der Waals surface area (Å²) in [4.78, 5) is 26.7. The minimum absolute atomic E-state index is 0.0689. The Balaban J connectivity index is 1.42. The number of fused-ring (bicyclic) bond motifs is 1. The van der Waals surface area contributed by atoms with Crippen LogP contribution < -0.4 is 11.1 Å². The van der Waals surface area contributed by atoms with E-state index in [4.69, 9.17) is 4.42 Å². The van der Waals surface area contributed by atoms with Gasteiger partial charge in [-0.15, -0.1) is 0 Å². The number of sulfonamides is 1. The summed E-state index contributed by atoms with van der Waals surface area (Å²) in [6.45, 7) is 4.12. The molecular weight excluding hydrogens is 408 g/mol. The topological polar surface area (TPSA) is 105 Å². The number of rotatable bonds is 6. The normalized spacial score (nSPS) is 21.3. The van der Waals surface area contributed by atoms with E-state index in [1.807, 2.05) is 0 Å². The number of nitrogens with zero attached hydrogens (tertiary/aromatic N) is 3. The molecule has 164 valence electrons. The highest BCUT2D eigenvalue weighted by Gasteiger charge is 2.33. The van der Waals surface area contributed by atoms with Crippen LogP contribution in [0.4, 0.5) is 0 Å². The molecule has 2 saturated heterocycles. The summed E-state index contributed by atoms with van der Waals surface area (Å²) in [6.07, 6.45) is 3.73. The summed E-state index contributed by atoms with van der Waals surface area (Å²) in [5.41, 5.74) is 0.768. The van der Waals surface area contributed by atoms with Crippen LogP contribution in [0.1, 0.15) is 25.7 Å². The van der Waals surface area contributed by atoms with Crippen LogP contribution in [-0.2, 0) is 21.9 Å². The van der Waals surface area contributed by atoms with Crippen LogP contribution in [0.15, 0.2) is 32.3 Å². The Bertz CT molecular complexity index is 1080. The van der Waals surface area contributed by atoms with Crippen molar-refractivity contribution in [2.45, 2.75) is 30.6 Å². The molecule has 1 aromatic carbocycles. The van der Waals surface area contributed by atoms with E-state index in [9.17, 15) is 18.0 Å². The van der Waals surface area contributed by atoms with Crippen LogP contribution in [0.25, 0.3) is 11.1 Å². The molecule has 1 amide bonds. The maximum atomic E-state index is 13.1. The van der Waals surface area contributed by atoms with Crippen molar-refractivity contribution >= 4 is 27.0 Å². The fraction of sp³-hybridized carbons (Fsp3) is 0.600. The molecule has 10 heteroatoms. The zero-order valence-corrected chi connectivity index (χ0v) is 18.0. The second-order valence-corrected chi connectivity index (χ2v) is 10.0. The van der Waals surface area contributed by atoms with Crippen LogP contribution in [0, 0.1) is 5.92 Å². The van der Waals surface area contributed by atoms with E-state index in [1.165, 1.54) is 33.8 Å². The summed E-state index contributed by atoms with van der Waals surface area (Å²) in [7, 11) is -2.21. The minimum atomic E-state index is -3.78. The highest BCUT2D eigenvalue weighted by Crippen LogP contribution is 2.26. The van der Waals surface area contributed by atoms with Crippen molar-refractivity contribution < 1.29 is 17.6 Å². The molecule has 0 aliphatic carbocycles. The lowest BCUT2D eigenvalue weighted by Gasteiger charge is -2.31. The molecule has 2 aromatic rings. The first-order valence-electron chi connectivity index (χ1n) is 10.5. The van der Waals surface area contributed by atoms with Crippen molar-refractivity contribution in [3.63, 3.8) is 0 Å². The number of carbonyl (C=O) groups excluding carboxylic acids is 1. The zero-order valence-electron chi connectivity index (χ0n) is 17.2. The molecule has 1 aromatic heterocycles. The van der Waals surface area contributed by atoms with E-state index in [2.05, 4.69) is 10.2 Å². The second kappa shape index (κ2) is 8.52. The van der Waals surface area contributed by atoms with Gasteiger partial charge < -0.3 is 14.6 Å². The quantitative estimate of drug-likeness (QED) is 0.716. The smallest absolute Gasteiger partial charge is 0.408 e. The molecule has 3 heterocycles. The monoisotopic (exact) mass is 436 g/mol. The third kappa shape index (κ3) is 4.17. The molecule has 2 fully saturated rings. The van der Waals surface area contributed by atoms with Crippen molar-refractivity contribution in [2.75, 3.05) is 39.3 Å². The van der Waals surface area contributed by atoms with Gasteiger partial charge in [0.25, 0.3) is 0 Å². The molecule has 4 rings (SSSR count). The Morgan fingerprint density at radius 2 is 1.97 bits per heavy atom. The number of oxazole rings is 1. The average Bonchev–Trinajstić information content (AvgIpc) is 3.36. The number of nitrogens with one attached hydrogen (secondary N) is 1. The molecule has 1 atom stereocenters. The highest BCUT2D eigenvalue weighted by atomic mass is 32.2. The van der Waals surface area contributed by atoms with Crippen molar-refractivity contribution in [3.05, 3.63) is 28.7 Å². The largest absolute Gasteiger partial charge is 0.419 e. The van der Waals surface area contributed by atoms with E-state index >= 15 is 0 Å². The summed E-state index contributed by atoms with van der Waals surface area (Å²) >= 11 is 0. The summed E-state index contributed by atoms with van der Waals surface area (Å²) in [6, 6.07) is 4.43. The van der Waals surface area contributed by atoms with E-state index in [-0.39, 0.29) is 28.8 Å². The third-order valence-electron chi connectivity index (χ3n) is 6.08. The first-order chi connectivity index (χ1) is 14.4. The Kier molecular flexibility index (Phi) is 5.99. The number of aromatic nitrogens is 1. The molecule has 9 nitrogen and oxygen atoms in total. The van der Waals surface area contributed by atoms with E-state index < -0.39 is 15.8 Å². The lowest BCUT2D eigenvalue weighted by molar-refractivity contribution is -0.126. The molecular formula is C20H28N4O5S. The number of hydrogen-bond donors (Lipinski definition) is 1. The SMILES string of the molecule is Cn1c(=O)oc2cc(S(=O)(=O)N3CCCC(C(=O)NCCN4CCCC4)C3)ccc21. The fourth-order valence-corrected chi connectivity index (χ4v) is 5.83. The number of carbonyl (C=O) groups is 1. The van der Waals surface area contributed by atoms with Gasteiger partial charge in [0.1, 0.15) is 0 Å². The van der Waals surface area contributed by atoms with Crippen LogP contribution in [0.5, 0.6) is 0 Å². The van der Waals surface area contributed by atoms with Gasteiger partial charge in [-0.1, -0.05) is 0 Å². The predicted molar refractivity (Wildman–Crippen MR) is 112 cm³/mol. The standard InChI is InChI=1S/C20H28N4O5S/c1-22-17-7-6-16(13-18(17)29-20(22)26)30(27,28)24-11-4-5-15(14-24)19(25)21-8-12-23-9-2-3-10-23/h6-7,13,15H,2-5,8-12,14H2,1H3,(H,21,25). The Labute approximate surface area is 175 Å². The molecule has 0 saturated carbocycles. The molecule has 0 bridgehead atoms. The van der Waals surface area contributed by atoms with Crippen molar-refractivity contribution in [1.29, 1.82) is 0 Å². The lowest BCUT2D eigenvalue weighted by atomic mass is 9.99.